The Morgan fingerprint density at radius 1 is 1.42 bits per heavy atom. The molecule has 1 fully saturated rings. The van der Waals surface area contributed by atoms with E-state index < -0.39 is 0 Å². The Morgan fingerprint density at radius 3 is 3.08 bits per heavy atom. The molecule has 0 radical (unpaired) electrons. The van der Waals surface area contributed by atoms with Crippen LogP contribution in [0.5, 0.6) is 0 Å². The Kier molecular flexibility index (Phi) is 5.63. The van der Waals surface area contributed by atoms with Crippen molar-refractivity contribution in [2.24, 2.45) is 11.7 Å². The number of aromatic nitrogens is 2. The van der Waals surface area contributed by atoms with Gasteiger partial charge in [-0.05, 0) is 49.9 Å². The number of halogens is 1. The molecule has 1 aliphatic heterocycles. The maximum atomic E-state index is 10.9. The zero-order valence-electron chi connectivity index (χ0n) is 13.4. The second-order valence-corrected chi connectivity index (χ2v) is 7.18. The van der Waals surface area contributed by atoms with Gasteiger partial charge in [-0.25, -0.2) is 0 Å². The molecule has 1 saturated heterocycles. The fraction of sp³-hybridized carbons (Fsp3) is 0.471. The monoisotopic (exact) mass is 392 g/mol. The molecule has 24 heavy (non-hydrogen) atoms. The van der Waals surface area contributed by atoms with Crippen LogP contribution in [0.15, 0.2) is 33.2 Å². The zero-order chi connectivity index (χ0) is 16.9. The second-order valence-electron chi connectivity index (χ2n) is 6.26. The molecule has 0 bridgehead atoms. The molecule has 7 heteroatoms. The minimum absolute atomic E-state index is 0.220. The van der Waals surface area contributed by atoms with Crippen LogP contribution in [-0.4, -0.2) is 34.1 Å². The number of amides is 1. The number of carbonyl (C=O) groups is 1. The molecule has 2 heterocycles. The number of rotatable bonds is 6. The van der Waals surface area contributed by atoms with Crippen molar-refractivity contribution in [3.63, 3.8) is 0 Å². The molecule has 1 aromatic carbocycles. The number of benzene rings is 1. The Labute approximate surface area is 149 Å². The van der Waals surface area contributed by atoms with Crippen LogP contribution >= 0.6 is 15.9 Å². The lowest BCUT2D eigenvalue weighted by molar-refractivity contribution is -0.118. The van der Waals surface area contributed by atoms with Gasteiger partial charge in [0.1, 0.15) is 0 Å². The van der Waals surface area contributed by atoms with Crippen molar-refractivity contribution in [1.82, 2.24) is 15.1 Å². The van der Waals surface area contributed by atoms with Crippen molar-refractivity contribution < 1.29 is 9.21 Å². The van der Waals surface area contributed by atoms with Crippen LogP contribution in [0.3, 0.4) is 0 Å². The molecule has 0 aliphatic carbocycles. The number of carbonyl (C=O) groups excluding carboxylic acids is 1. The van der Waals surface area contributed by atoms with Crippen LogP contribution in [0.1, 0.15) is 31.6 Å². The van der Waals surface area contributed by atoms with E-state index in [0.717, 1.165) is 42.4 Å². The summed E-state index contributed by atoms with van der Waals surface area (Å²) in [6.45, 7) is 2.61. The number of likely N-dealkylation sites (tertiary alicyclic amines) is 1. The number of hydrogen-bond acceptors (Lipinski definition) is 5. The lowest BCUT2D eigenvalue weighted by atomic mass is 9.93. The number of piperidine rings is 1. The lowest BCUT2D eigenvalue weighted by Gasteiger charge is -2.31. The van der Waals surface area contributed by atoms with Gasteiger partial charge in [0.05, 0.1) is 6.54 Å². The molecule has 1 unspecified atom stereocenters. The highest BCUT2D eigenvalue weighted by molar-refractivity contribution is 9.10. The Morgan fingerprint density at radius 2 is 2.29 bits per heavy atom. The summed E-state index contributed by atoms with van der Waals surface area (Å²) in [6.07, 6.45) is 3.60. The molecule has 0 saturated carbocycles. The average molecular weight is 393 g/mol. The summed E-state index contributed by atoms with van der Waals surface area (Å²) in [5.41, 5.74) is 6.15. The summed E-state index contributed by atoms with van der Waals surface area (Å²) in [6, 6.07) is 7.80. The van der Waals surface area contributed by atoms with E-state index in [0.29, 0.717) is 30.7 Å². The molecule has 2 N–H and O–H groups in total. The molecule has 0 spiro atoms. The van der Waals surface area contributed by atoms with Crippen molar-refractivity contribution >= 4 is 21.8 Å². The largest absolute Gasteiger partial charge is 0.419 e. The topological polar surface area (TPSA) is 85.3 Å². The fourth-order valence-corrected chi connectivity index (χ4v) is 3.52. The van der Waals surface area contributed by atoms with Gasteiger partial charge in [0.15, 0.2) is 0 Å². The van der Waals surface area contributed by atoms with Crippen LogP contribution in [-0.2, 0) is 11.3 Å². The first-order chi connectivity index (χ1) is 11.6. The van der Waals surface area contributed by atoms with Crippen molar-refractivity contribution in [3.8, 4) is 11.5 Å². The van der Waals surface area contributed by atoms with Crippen LogP contribution < -0.4 is 5.73 Å². The van der Waals surface area contributed by atoms with E-state index >= 15 is 0 Å². The molecule has 1 aromatic heterocycles. The first-order valence-corrected chi connectivity index (χ1v) is 8.98. The maximum Gasteiger partial charge on any atom is 0.247 e. The van der Waals surface area contributed by atoms with Gasteiger partial charge in [-0.3, -0.25) is 9.69 Å². The lowest BCUT2D eigenvalue weighted by Crippen LogP contribution is -2.35. The molecule has 1 amide bonds. The second kappa shape index (κ2) is 7.90. The third kappa shape index (κ3) is 4.64. The highest BCUT2D eigenvalue weighted by Gasteiger charge is 2.22. The van der Waals surface area contributed by atoms with Crippen LogP contribution in [0.25, 0.3) is 11.5 Å². The number of primary amides is 1. The van der Waals surface area contributed by atoms with Crippen molar-refractivity contribution in [2.45, 2.75) is 32.2 Å². The number of nitrogens with zero attached hydrogens (tertiary/aromatic N) is 3. The highest BCUT2D eigenvalue weighted by atomic mass is 79.9. The van der Waals surface area contributed by atoms with Gasteiger partial charge in [0, 0.05) is 23.0 Å². The minimum Gasteiger partial charge on any atom is -0.419 e. The Hall–Kier alpha value is -1.73. The van der Waals surface area contributed by atoms with Gasteiger partial charge >= 0.3 is 0 Å². The van der Waals surface area contributed by atoms with Crippen molar-refractivity contribution in [3.05, 3.63) is 34.6 Å². The average Bonchev–Trinajstić information content (AvgIpc) is 3.02. The van der Waals surface area contributed by atoms with Crippen molar-refractivity contribution in [2.75, 3.05) is 13.1 Å². The summed E-state index contributed by atoms with van der Waals surface area (Å²) < 4.78 is 6.78. The van der Waals surface area contributed by atoms with E-state index in [1.165, 1.54) is 0 Å². The molecule has 3 rings (SSSR count). The van der Waals surface area contributed by atoms with E-state index in [1.807, 2.05) is 24.3 Å². The summed E-state index contributed by atoms with van der Waals surface area (Å²) in [4.78, 5) is 13.3. The van der Waals surface area contributed by atoms with Gasteiger partial charge in [-0.2, -0.15) is 0 Å². The van der Waals surface area contributed by atoms with Crippen LogP contribution in [0.4, 0.5) is 0 Å². The number of nitrogens with two attached hydrogens (primary N) is 1. The first kappa shape index (κ1) is 17.1. The SMILES string of the molecule is NC(=O)CCC1CCCN(Cc2nnc(-c3cccc(Br)c3)o2)C1. The highest BCUT2D eigenvalue weighted by Crippen LogP contribution is 2.24. The Bertz CT molecular complexity index is 703. The standard InChI is InChI=1S/C17H21BrN4O2/c18-14-5-1-4-13(9-14)17-21-20-16(24-17)11-22-8-2-3-12(10-22)6-7-15(19)23/h1,4-5,9,12H,2-3,6-8,10-11H2,(H2,19,23). The van der Waals surface area contributed by atoms with Crippen molar-refractivity contribution in [1.29, 1.82) is 0 Å². The fourth-order valence-electron chi connectivity index (χ4n) is 3.12. The van der Waals surface area contributed by atoms with E-state index in [1.54, 1.807) is 0 Å². The van der Waals surface area contributed by atoms with E-state index in [-0.39, 0.29) is 5.91 Å². The molecule has 1 aliphatic rings. The van der Waals surface area contributed by atoms with Gasteiger partial charge in [-0.15, -0.1) is 10.2 Å². The van der Waals surface area contributed by atoms with Crippen LogP contribution in [0, 0.1) is 5.92 Å². The summed E-state index contributed by atoms with van der Waals surface area (Å²) in [5.74, 6) is 1.45. The minimum atomic E-state index is -0.220. The molecular weight excluding hydrogens is 372 g/mol. The third-order valence-electron chi connectivity index (χ3n) is 4.30. The molecular formula is C17H21BrN4O2. The van der Waals surface area contributed by atoms with Crippen LogP contribution in [0.2, 0.25) is 0 Å². The van der Waals surface area contributed by atoms with E-state index in [2.05, 4.69) is 31.0 Å². The summed E-state index contributed by atoms with van der Waals surface area (Å²) in [7, 11) is 0. The van der Waals surface area contributed by atoms with E-state index in [9.17, 15) is 4.79 Å². The summed E-state index contributed by atoms with van der Waals surface area (Å²) in [5, 5.41) is 8.31. The third-order valence-corrected chi connectivity index (χ3v) is 4.79. The van der Waals surface area contributed by atoms with Gasteiger partial charge in [0.25, 0.3) is 0 Å². The zero-order valence-corrected chi connectivity index (χ0v) is 15.0. The predicted molar refractivity (Wildman–Crippen MR) is 93.9 cm³/mol. The maximum absolute atomic E-state index is 10.9. The predicted octanol–water partition coefficient (Wildman–Crippen LogP) is 2.98. The number of hydrogen-bond donors (Lipinski definition) is 1. The van der Waals surface area contributed by atoms with Gasteiger partial charge in [-0.1, -0.05) is 22.0 Å². The normalized spacial score (nSPS) is 18.6. The van der Waals surface area contributed by atoms with E-state index in [4.69, 9.17) is 10.2 Å². The van der Waals surface area contributed by atoms with Gasteiger partial charge < -0.3 is 10.2 Å². The molecule has 128 valence electrons. The first-order valence-electron chi connectivity index (χ1n) is 8.19. The molecule has 2 aromatic rings. The Balaban J connectivity index is 1.59. The molecule has 1 atom stereocenters. The van der Waals surface area contributed by atoms with Gasteiger partial charge in [0.2, 0.25) is 17.7 Å². The molecule has 6 nitrogen and oxygen atoms in total. The quantitative estimate of drug-likeness (QED) is 0.816. The summed E-state index contributed by atoms with van der Waals surface area (Å²) >= 11 is 3.45. The smallest absolute Gasteiger partial charge is 0.247 e.